The molecular formula is C21H20ClF3N2O5. The van der Waals surface area contributed by atoms with Crippen molar-refractivity contribution in [3.05, 3.63) is 59.1 Å². The maximum Gasteiger partial charge on any atom is 0.573 e. The summed E-state index contributed by atoms with van der Waals surface area (Å²) >= 11 is 5.99. The molecule has 2 amide bonds. The number of hydrogen-bond acceptors (Lipinski definition) is 5. The molecule has 2 rings (SSSR count). The van der Waals surface area contributed by atoms with Crippen LogP contribution < -0.4 is 15.4 Å². The number of carbonyl (C=O) groups is 3. The van der Waals surface area contributed by atoms with Crippen molar-refractivity contribution >= 4 is 35.1 Å². The molecule has 0 aliphatic rings. The zero-order chi connectivity index (χ0) is 23.9. The zero-order valence-corrected chi connectivity index (χ0v) is 17.8. The molecule has 172 valence electrons. The van der Waals surface area contributed by atoms with Crippen LogP contribution in [-0.4, -0.2) is 36.8 Å². The number of ether oxygens (including phenoxy) is 2. The van der Waals surface area contributed by atoms with Gasteiger partial charge in [-0.3, -0.25) is 9.59 Å². The highest BCUT2D eigenvalue weighted by molar-refractivity contribution is 6.33. The Labute approximate surface area is 186 Å². The smallest absolute Gasteiger partial charge is 0.454 e. The van der Waals surface area contributed by atoms with Gasteiger partial charge in [-0.1, -0.05) is 37.6 Å². The molecule has 0 spiro atoms. The van der Waals surface area contributed by atoms with Gasteiger partial charge in [0.1, 0.15) is 11.8 Å². The minimum atomic E-state index is -4.83. The summed E-state index contributed by atoms with van der Waals surface area (Å²) < 4.78 is 45.2. The van der Waals surface area contributed by atoms with E-state index in [-0.39, 0.29) is 22.2 Å². The number of alkyl halides is 3. The van der Waals surface area contributed by atoms with Gasteiger partial charge in [0, 0.05) is 5.69 Å². The lowest BCUT2D eigenvalue weighted by molar-refractivity contribution is -0.274. The average Bonchev–Trinajstić information content (AvgIpc) is 2.70. The van der Waals surface area contributed by atoms with E-state index >= 15 is 0 Å². The molecule has 7 nitrogen and oxygen atoms in total. The summed E-state index contributed by atoms with van der Waals surface area (Å²) in [7, 11) is 0. The van der Waals surface area contributed by atoms with Gasteiger partial charge < -0.3 is 20.1 Å². The largest absolute Gasteiger partial charge is 0.573 e. The molecule has 0 aliphatic carbocycles. The van der Waals surface area contributed by atoms with E-state index in [1.807, 2.05) is 0 Å². The lowest BCUT2D eigenvalue weighted by Gasteiger charge is -2.21. The summed E-state index contributed by atoms with van der Waals surface area (Å²) in [5.41, 5.74) is 0.358. The van der Waals surface area contributed by atoms with E-state index in [1.54, 1.807) is 26.0 Å². The Balaban J connectivity index is 1.90. The standard InChI is InChI=1S/C21H20ClF3N2O5/c1-12(2)18(27-19(29)15-5-3-4-6-16(15)22)20(30)31-11-17(28)26-13-7-9-14(10-8-13)32-21(23,24)25/h3-10,12,18H,11H2,1-2H3,(H,26,28)(H,27,29)/t18-/m0/s1. The summed E-state index contributed by atoms with van der Waals surface area (Å²) in [6, 6.07) is 9.71. The molecule has 0 heterocycles. The van der Waals surface area contributed by atoms with Crippen molar-refractivity contribution in [1.29, 1.82) is 0 Å². The maximum atomic E-state index is 12.4. The molecule has 0 fully saturated rings. The van der Waals surface area contributed by atoms with Crippen molar-refractivity contribution in [2.24, 2.45) is 5.92 Å². The highest BCUT2D eigenvalue weighted by Gasteiger charge is 2.31. The van der Waals surface area contributed by atoms with Crippen molar-refractivity contribution in [2.75, 3.05) is 11.9 Å². The topological polar surface area (TPSA) is 93.7 Å². The average molecular weight is 473 g/mol. The minimum absolute atomic E-state index is 0.174. The summed E-state index contributed by atoms with van der Waals surface area (Å²) in [5, 5.41) is 5.12. The van der Waals surface area contributed by atoms with Crippen LogP contribution in [0.25, 0.3) is 0 Å². The molecule has 2 N–H and O–H groups in total. The first-order chi connectivity index (χ1) is 15.0. The van der Waals surface area contributed by atoms with E-state index in [9.17, 15) is 27.6 Å². The molecule has 2 aromatic carbocycles. The third-order valence-corrected chi connectivity index (χ3v) is 4.37. The Kier molecular flexibility index (Phi) is 8.48. The highest BCUT2D eigenvalue weighted by atomic mass is 35.5. The molecule has 32 heavy (non-hydrogen) atoms. The molecule has 0 unspecified atom stereocenters. The van der Waals surface area contributed by atoms with Crippen LogP contribution in [0.5, 0.6) is 5.75 Å². The molecule has 0 aromatic heterocycles. The van der Waals surface area contributed by atoms with Gasteiger partial charge in [-0.05, 0) is 42.3 Å². The third-order valence-electron chi connectivity index (χ3n) is 4.04. The van der Waals surface area contributed by atoms with Crippen LogP contribution in [0.4, 0.5) is 18.9 Å². The van der Waals surface area contributed by atoms with Crippen LogP contribution >= 0.6 is 11.6 Å². The van der Waals surface area contributed by atoms with Gasteiger partial charge in [0.05, 0.1) is 10.6 Å². The Bertz CT molecular complexity index is 965. The third kappa shape index (κ3) is 7.77. The summed E-state index contributed by atoms with van der Waals surface area (Å²) in [5.74, 6) is -2.92. The van der Waals surface area contributed by atoms with Crippen LogP contribution in [0.2, 0.25) is 5.02 Å². The fourth-order valence-corrected chi connectivity index (χ4v) is 2.75. The molecule has 0 aliphatic heterocycles. The van der Waals surface area contributed by atoms with E-state index in [0.29, 0.717) is 0 Å². The molecule has 11 heteroatoms. The molecule has 0 bridgehead atoms. The predicted molar refractivity (Wildman–Crippen MR) is 110 cm³/mol. The van der Waals surface area contributed by atoms with Gasteiger partial charge >= 0.3 is 12.3 Å². The molecular weight excluding hydrogens is 453 g/mol. The Morgan fingerprint density at radius 3 is 2.22 bits per heavy atom. The first-order valence-corrected chi connectivity index (χ1v) is 9.71. The lowest BCUT2D eigenvalue weighted by Crippen LogP contribution is -2.46. The van der Waals surface area contributed by atoms with Crippen molar-refractivity contribution < 1.29 is 37.0 Å². The number of esters is 1. The number of anilines is 1. The monoisotopic (exact) mass is 472 g/mol. The fraction of sp³-hybridized carbons (Fsp3) is 0.286. The van der Waals surface area contributed by atoms with Gasteiger partial charge in [0.25, 0.3) is 11.8 Å². The summed E-state index contributed by atoms with van der Waals surface area (Å²) in [6.45, 7) is 2.71. The van der Waals surface area contributed by atoms with Crippen LogP contribution in [0.3, 0.4) is 0 Å². The zero-order valence-electron chi connectivity index (χ0n) is 17.0. The summed E-state index contributed by atoms with van der Waals surface area (Å²) in [6.07, 6.45) is -4.83. The number of benzene rings is 2. The van der Waals surface area contributed by atoms with Gasteiger partial charge in [0.2, 0.25) is 0 Å². The predicted octanol–water partition coefficient (Wildman–Crippen LogP) is 4.17. The number of amides is 2. The number of rotatable bonds is 8. The van der Waals surface area contributed by atoms with E-state index in [0.717, 1.165) is 12.1 Å². The SMILES string of the molecule is CC(C)[C@H](NC(=O)c1ccccc1Cl)C(=O)OCC(=O)Nc1ccc(OC(F)(F)F)cc1. The van der Waals surface area contributed by atoms with Gasteiger partial charge in [-0.15, -0.1) is 13.2 Å². The van der Waals surface area contributed by atoms with Crippen LogP contribution in [0.15, 0.2) is 48.5 Å². The highest BCUT2D eigenvalue weighted by Crippen LogP contribution is 2.24. The normalized spacial score (nSPS) is 12.1. The van der Waals surface area contributed by atoms with Gasteiger partial charge in [-0.2, -0.15) is 0 Å². The van der Waals surface area contributed by atoms with Crippen molar-refractivity contribution in [3.8, 4) is 5.75 Å². The number of halogens is 4. The first-order valence-electron chi connectivity index (χ1n) is 9.34. The number of nitrogens with one attached hydrogen (secondary N) is 2. The van der Waals surface area contributed by atoms with Crippen LogP contribution in [0, 0.1) is 5.92 Å². The van der Waals surface area contributed by atoms with Crippen molar-refractivity contribution in [2.45, 2.75) is 26.3 Å². The summed E-state index contributed by atoms with van der Waals surface area (Å²) in [4.78, 5) is 36.8. The van der Waals surface area contributed by atoms with Gasteiger partial charge in [0.15, 0.2) is 6.61 Å². The Hall–Kier alpha value is -3.27. The number of hydrogen-bond donors (Lipinski definition) is 2. The second-order valence-corrected chi connectivity index (χ2v) is 7.31. The van der Waals surface area contributed by atoms with E-state index < -0.39 is 42.5 Å². The quantitative estimate of drug-likeness (QED) is 0.562. The Morgan fingerprint density at radius 1 is 1.03 bits per heavy atom. The molecule has 0 saturated heterocycles. The lowest BCUT2D eigenvalue weighted by atomic mass is 10.0. The Morgan fingerprint density at radius 2 is 1.66 bits per heavy atom. The van der Waals surface area contributed by atoms with E-state index in [2.05, 4.69) is 15.4 Å². The second-order valence-electron chi connectivity index (χ2n) is 6.90. The molecule has 1 atom stereocenters. The van der Waals surface area contributed by atoms with Crippen molar-refractivity contribution in [1.82, 2.24) is 5.32 Å². The van der Waals surface area contributed by atoms with E-state index in [4.69, 9.17) is 16.3 Å². The van der Waals surface area contributed by atoms with Crippen molar-refractivity contribution in [3.63, 3.8) is 0 Å². The first kappa shape index (κ1) is 25.0. The second kappa shape index (κ2) is 10.9. The van der Waals surface area contributed by atoms with E-state index in [1.165, 1.54) is 24.3 Å². The number of carbonyl (C=O) groups excluding carboxylic acids is 3. The minimum Gasteiger partial charge on any atom is -0.454 e. The molecule has 0 radical (unpaired) electrons. The fourth-order valence-electron chi connectivity index (χ4n) is 2.53. The van der Waals surface area contributed by atoms with Crippen LogP contribution in [0.1, 0.15) is 24.2 Å². The maximum absolute atomic E-state index is 12.4. The molecule has 0 saturated carbocycles. The van der Waals surface area contributed by atoms with Crippen LogP contribution in [-0.2, 0) is 14.3 Å². The van der Waals surface area contributed by atoms with Gasteiger partial charge in [-0.25, -0.2) is 4.79 Å². The molecule has 2 aromatic rings.